The minimum Gasteiger partial charge on any atom is -0.492 e. The predicted octanol–water partition coefficient (Wildman–Crippen LogP) is 3.77. The van der Waals surface area contributed by atoms with E-state index in [9.17, 15) is 4.79 Å². The minimum absolute atomic E-state index is 0.296. The zero-order valence-corrected chi connectivity index (χ0v) is 17.4. The summed E-state index contributed by atoms with van der Waals surface area (Å²) in [6.45, 7) is 6.97. The number of aromatic nitrogens is 2. The summed E-state index contributed by atoms with van der Waals surface area (Å²) in [5.41, 5.74) is 1.29. The van der Waals surface area contributed by atoms with Crippen LogP contribution in [0.15, 0.2) is 24.4 Å². The molecule has 4 rings (SSSR count). The third-order valence-corrected chi connectivity index (χ3v) is 5.58. The molecule has 2 fully saturated rings. The lowest BCUT2D eigenvalue weighted by Crippen LogP contribution is -2.25. The number of nitrogens with one attached hydrogen (secondary N) is 1. The maximum atomic E-state index is 12.3. The summed E-state index contributed by atoms with van der Waals surface area (Å²) < 4.78 is 10.6. The van der Waals surface area contributed by atoms with Gasteiger partial charge in [0, 0.05) is 25.8 Å². The normalized spacial score (nSPS) is 19.6. The number of carbonyl (C=O) groups is 1. The third kappa shape index (κ3) is 4.40. The molecule has 2 aliphatic rings. The van der Waals surface area contributed by atoms with E-state index in [0.717, 1.165) is 30.5 Å². The van der Waals surface area contributed by atoms with Crippen molar-refractivity contribution in [1.29, 1.82) is 0 Å². The molecule has 0 amide bonds. The fraction of sp³-hybridized carbons (Fsp3) is 0.476. The second kappa shape index (κ2) is 8.45. The second-order valence-corrected chi connectivity index (χ2v) is 7.77. The molecule has 0 spiro atoms. The average Bonchev–Trinajstić information content (AvgIpc) is 3.33. The lowest BCUT2D eigenvalue weighted by atomic mass is 10.2. The summed E-state index contributed by atoms with van der Waals surface area (Å²) in [5, 5.41) is 3.81. The summed E-state index contributed by atoms with van der Waals surface area (Å²) in [6.07, 6.45) is 2.86. The van der Waals surface area contributed by atoms with E-state index in [2.05, 4.69) is 20.2 Å². The number of benzene rings is 1. The highest BCUT2D eigenvalue weighted by atomic mass is 35.5. The molecule has 1 saturated carbocycles. The molecular formula is C21H25ClN4O3. The van der Waals surface area contributed by atoms with E-state index in [1.807, 2.05) is 25.1 Å². The molecule has 0 radical (unpaired) electrons. The molecule has 1 N–H and O–H groups in total. The van der Waals surface area contributed by atoms with E-state index in [1.54, 1.807) is 13.1 Å². The smallest absolute Gasteiger partial charge is 0.343 e. The molecular weight excluding hydrogens is 392 g/mol. The van der Waals surface area contributed by atoms with Crippen molar-refractivity contribution in [3.8, 4) is 5.75 Å². The van der Waals surface area contributed by atoms with Crippen LogP contribution in [0.5, 0.6) is 5.75 Å². The van der Waals surface area contributed by atoms with Gasteiger partial charge in [-0.25, -0.2) is 9.78 Å². The van der Waals surface area contributed by atoms with E-state index >= 15 is 0 Å². The number of ether oxygens (including phenoxy) is 2. The van der Waals surface area contributed by atoms with Crippen molar-refractivity contribution in [2.24, 2.45) is 11.8 Å². The number of hydrogen-bond donors (Lipinski definition) is 1. The number of fused-ring (bicyclic) bond motifs is 1. The van der Waals surface area contributed by atoms with Gasteiger partial charge in [-0.05, 0) is 49.8 Å². The van der Waals surface area contributed by atoms with Crippen LogP contribution in [0.3, 0.4) is 0 Å². The van der Waals surface area contributed by atoms with Crippen LogP contribution in [0.1, 0.15) is 36.2 Å². The third-order valence-electron chi connectivity index (χ3n) is 5.29. The number of rotatable bonds is 8. The Labute approximate surface area is 175 Å². The number of carbonyl (C=O) groups excluding carboxylic acids is 1. The Morgan fingerprint density at radius 1 is 1.28 bits per heavy atom. The molecule has 2 aromatic rings. The highest BCUT2D eigenvalue weighted by Crippen LogP contribution is 2.45. The van der Waals surface area contributed by atoms with Gasteiger partial charge in [-0.1, -0.05) is 17.7 Å². The number of esters is 1. The van der Waals surface area contributed by atoms with E-state index in [1.165, 1.54) is 6.42 Å². The fourth-order valence-corrected chi connectivity index (χ4v) is 3.95. The first-order valence-electron chi connectivity index (χ1n) is 10.0. The van der Waals surface area contributed by atoms with Crippen molar-refractivity contribution >= 4 is 29.3 Å². The van der Waals surface area contributed by atoms with Crippen LogP contribution in [-0.4, -0.2) is 42.2 Å². The van der Waals surface area contributed by atoms with Crippen molar-refractivity contribution in [3.63, 3.8) is 0 Å². The zero-order chi connectivity index (χ0) is 20.4. The van der Waals surface area contributed by atoms with Crippen LogP contribution in [0.2, 0.25) is 5.02 Å². The molecule has 1 saturated heterocycles. The van der Waals surface area contributed by atoms with E-state index in [-0.39, 0.29) is 0 Å². The highest BCUT2D eigenvalue weighted by molar-refractivity contribution is 6.32. The summed E-state index contributed by atoms with van der Waals surface area (Å²) in [6, 6.07) is 5.63. The van der Waals surface area contributed by atoms with Crippen LogP contribution < -0.4 is 15.0 Å². The Balaban J connectivity index is 1.53. The Morgan fingerprint density at radius 2 is 2.07 bits per heavy atom. The molecule has 0 bridgehead atoms. The molecule has 2 heterocycles. The van der Waals surface area contributed by atoms with Gasteiger partial charge in [0.05, 0.1) is 18.2 Å². The average molecular weight is 417 g/mol. The topological polar surface area (TPSA) is 76.6 Å². The summed E-state index contributed by atoms with van der Waals surface area (Å²) in [7, 11) is 0. The SMILES string of the molecule is CCOC(=O)c1cnc(N2CC3CC3C2)nc1NCc1ccc(OCC)c(Cl)c1. The van der Waals surface area contributed by atoms with Crippen molar-refractivity contribution in [3.05, 3.63) is 40.5 Å². The number of piperidine rings is 1. The van der Waals surface area contributed by atoms with Gasteiger partial charge in [0.2, 0.25) is 5.95 Å². The Morgan fingerprint density at radius 3 is 2.76 bits per heavy atom. The van der Waals surface area contributed by atoms with Crippen molar-refractivity contribution < 1.29 is 14.3 Å². The molecule has 1 aromatic carbocycles. The second-order valence-electron chi connectivity index (χ2n) is 7.36. The highest BCUT2D eigenvalue weighted by Gasteiger charge is 2.45. The molecule has 8 heteroatoms. The lowest BCUT2D eigenvalue weighted by molar-refractivity contribution is 0.0526. The summed E-state index contributed by atoms with van der Waals surface area (Å²) >= 11 is 6.28. The van der Waals surface area contributed by atoms with Crippen LogP contribution in [0.25, 0.3) is 0 Å². The van der Waals surface area contributed by atoms with Crippen LogP contribution in [0, 0.1) is 11.8 Å². The molecule has 1 aliphatic heterocycles. The van der Waals surface area contributed by atoms with E-state index < -0.39 is 5.97 Å². The molecule has 1 aliphatic carbocycles. The van der Waals surface area contributed by atoms with E-state index in [0.29, 0.717) is 47.9 Å². The van der Waals surface area contributed by atoms with Crippen LogP contribution in [0.4, 0.5) is 11.8 Å². The maximum Gasteiger partial charge on any atom is 0.343 e. The molecule has 2 unspecified atom stereocenters. The lowest BCUT2D eigenvalue weighted by Gasteiger charge is -2.19. The molecule has 1 aromatic heterocycles. The van der Waals surface area contributed by atoms with Crippen molar-refractivity contribution in [2.45, 2.75) is 26.8 Å². The standard InChI is InChI=1S/C21H25ClN4O3/c1-3-28-18-6-5-13(7-17(18)22)9-23-19-16(20(27)29-4-2)10-24-21(25-19)26-11-14-8-15(14)12-26/h5-7,10,14-15H,3-4,8-9,11-12H2,1-2H3,(H,23,24,25). The number of halogens is 1. The fourth-order valence-electron chi connectivity index (χ4n) is 3.69. The quantitative estimate of drug-likeness (QED) is 0.656. The number of anilines is 2. The zero-order valence-electron chi connectivity index (χ0n) is 16.7. The Bertz CT molecular complexity index is 897. The van der Waals surface area contributed by atoms with Gasteiger partial charge >= 0.3 is 5.97 Å². The van der Waals surface area contributed by atoms with Gasteiger partial charge in [-0.15, -0.1) is 0 Å². The molecule has 7 nitrogen and oxygen atoms in total. The number of hydrogen-bond acceptors (Lipinski definition) is 7. The van der Waals surface area contributed by atoms with Gasteiger partial charge in [-0.3, -0.25) is 0 Å². The first-order valence-corrected chi connectivity index (χ1v) is 10.4. The molecule has 29 heavy (non-hydrogen) atoms. The largest absolute Gasteiger partial charge is 0.492 e. The van der Waals surface area contributed by atoms with Gasteiger partial charge < -0.3 is 19.7 Å². The molecule has 2 atom stereocenters. The van der Waals surface area contributed by atoms with Gasteiger partial charge in [0.1, 0.15) is 17.1 Å². The van der Waals surface area contributed by atoms with Crippen molar-refractivity contribution in [1.82, 2.24) is 9.97 Å². The first kappa shape index (κ1) is 19.8. The maximum absolute atomic E-state index is 12.3. The Hall–Kier alpha value is -2.54. The molecule has 154 valence electrons. The van der Waals surface area contributed by atoms with Gasteiger partial charge in [0.15, 0.2) is 0 Å². The van der Waals surface area contributed by atoms with Gasteiger partial charge in [0.25, 0.3) is 0 Å². The van der Waals surface area contributed by atoms with E-state index in [4.69, 9.17) is 21.1 Å². The monoisotopic (exact) mass is 416 g/mol. The summed E-state index contributed by atoms with van der Waals surface area (Å²) in [4.78, 5) is 23.6. The Kier molecular flexibility index (Phi) is 5.76. The van der Waals surface area contributed by atoms with Crippen LogP contribution in [-0.2, 0) is 11.3 Å². The predicted molar refractivity (Wildman–Crippen MR) is 112 cm³/mol. The summed E-state index contributed by atoms with van der Waals surface area (Å²) in [5.74, 6) is 2.88. The minimum atomic E-state index is -0.435. The first-order chi connectivity index (χ1) is 14.1. The van der Waals surface area contributed by atoms with Crippen LogP contribution >= 0.6 is 11.6 Å². The number of nitrogens with zero attached hydrogens (tertiary/aromatic N) is 3. The van der Waals surface area contributed by atoms with Crippen molar-refractivity contribution in [2.75, 3.05) is 36.5 Å². The van der Waals surface area contributed by atoms with Gasteiger partial charge in [-0.2, -0.15) is 4.98 Å².